The van der Waals surface area contributed by atoms with Gasteiger partial charge in [-0.15, -0.1) is 0 Å². The molecule has 4 rings (SSSR count). The average molecular weight is 600 g/mol. The molecular formula is C29H40F3N3O7. The van der Waals surface area contributed by atoms with Crippen LogP contribution < -0.4 is 16.8 Å². The van der Waals surface area contributed by atoms with E-state index in [1.807, 2.05) is 27.7 Å². The third-order valence-corrected chi connectivity index (χ3v) is 7.73. The molecule has 9 N–H and O–H groups in total. The summed E-state index contributed by atoms with van der Waals surface area (Å²) in [7, 11) is 0. The van der Waals surface area contributed by atoms with Gasteiger partial charge < -0.3 is 37.2 Å². The Bertz CT molecular complexity index is 1310. The Hall–Kier alpha value is -3.58. The number of rotatable bonds is 6. The second-order valence-corrected chi connectivity index (χ2v) is 10.0. The molecule has 1 aromatic rings. The van der Waals surface area contributed by atoms with Crippen molar-refractivity contribution < 1.29 is 48.0 Å². The Balaban J connectivity index is 0.00000148. The van der Waals surface area contributed by atoms with Crippen LogP contribution in [-0.2, 0) is 27.3 Å². The minimum atomic E-state index is -4.40. The van der Waals surface area contributed by atoms with Gasteiger partial charge in [0, 0.05) is 41.7 Å². The number of nitrogens with one attached hydrogen (secondary N) is 1. The number of phenolic OH excluding ortho intramolecular Hbond substituents is 1. The van der Waals surface area contributed by atoms with Crippen LogP contribution in [0.2, 0.25) is 0 Å². The molecule has 1 fully saturated rings. The van der Waals surface area contributed by atoms with Gasteiger partial charge in [0.05, 0.1) is 12.0 Å². The second-order valence-electron chi connectivity index (χ2n) is 10.0. The number of primary amides is 1. The third-order valence-electron chi connectivity index (χ3n) is 7.73. The largest absolute Gasteiger partial charge is 0.508 e. The number of nitrogens with two attached hydrogens (primary N) is 2. The zero-order valence-electron chi connectivity index (χ0n) is 24.4. The summed E-state index contributed by atoms with van der Waals surface area (Å²) < 4.78 is 38.5. The van der Waals surface area contributed by atoms with Crippen molar-refractivity contribution in [3.63, 3.8) is 0 Å². The maximum atomic E-state index is 13.5. The van der Waals surface area contributed by atoms with E-state index < -0.39 is 82.8 Å². The number of anilines is 1. The predicted octanol–water partition coefficient (Wildman–Crippen LogP) is 3.88. The number of aromatic hydroxyl groups is 1. The molecule has 1 amide bonds. The van der Waals surface area contributed by atoms with Crippen molar-refractivity contribution in [3.8, 4) is 5.75 Å². The number of fused-ring (bicyclic) bond motifs is 3. The van der Waals surface area contributed by atoms with E-state index >= 15 is 0 Å². The lowest BCUT2D eigenvalue weighted by molar-refractivity contribution is -0.147. The summed E-state index contributed by atoms with van der Waals surface area (Å²) in [4.78, 5) is 37.6. The molecule has 1 saturated carbocycles. The van der Waals surface area contributed by atoms with Crippen molar-refractivity contribution in [2.75, 3.05) is 5.73 Å². The first-order chi connectivity index (χ1) is 19.6. The van der Waals surface area contributed by atoms with Gasteiger partial charge in [-0.3, -0.25) is 14.4 Å². The van der Waals surface area contributed by atoms with E-state index in [-0.39, 0.29) is 53.8 Å². The Morgan fingerprint density at radius 1 is 1.14 bits per heavy atom. The number of carbonyl (C=O) groups excluding carboxylic acids is 3. The van der Waals surface area contributed by atoms with Crippen LogP contribution in [-0.4, -0.2) is 55.7 Å². The van der Waals surface area contributed by atoms with Crippen LogP contribution in [0, 0.1) is 11.8 Å². The van der Waals surface area contributed by atoms with E-state index in [0.29, 0.717) is 0 Å². The summed E-state index contributed by atoms with van der Waals surface area (Å²) in [5.74, 6) is -7.54. The molecule has 10 nitrogen and oxygen atoms in total. The van der Waals surface area contributed by atoms with Gasteiger partial charge in [0.25, 0.3) is 5.91 Å². The van der Waals surface area contributed by atoms with Crippen molar-refractivity contribution in [3.05, 3.63) is 39.7 Å². The topological polar surface area (TPSA) is 196 Å². The number of nitrogen functional groups attached to an aromatic ring is 1. The fraction of sp³-hybridized carbons (Fsp3) is 0.552. The highest BCUT2D eigenvalue weighted by molar-refractivity contribution is 6.22. The van der Waals surface area contributed by atoms with E-state index in [4.69, 9.17) is 11.5 Å². The normalized spacial score (nSPS) is 23.9. The zero-order chi connectivity index (χ0) is 32.3. The van der Waals surface area contributed by atoms with Crippen LogP contribution in [0.4, 0.5) is 18.9 Å². The summed E-state index contributed by atoms with van der Waals surface area (Å²) in [5, 5.41) is 46.7. The summed E-state index contributed by atoms with van der Waals surface area (Å²) in [5.41, 5.74) is 7.71. The van der Waals surface area contributed by atoms with Crippen LogP contribution in [0.25, 0.3) is 5.76 Å². The first-order valence-electron chi connectivity index (χ1n) is 14.0. The Morgan fingerprint density at radius 2 is 1.74 bits per heavy atom. The third kappa shape index (κ3) is 6.12. The smallest absolute Gasteiger partial charge is 0.390 e. The molecule has 3 aliphatic carbocycles. The predicted molar refractivity (Wildman–Crippen MR) is 150 cm³/mol. The quantitative estimate of drug-likeness (QED) is 0.144. The molecule has 0 aromatic heterocycles. The Kier molecular flexibility index (Phi) is 10.8. The van der Waals surface area contributed by atoms with Gasteiger partial charge in [0.1, 0.15) is 22.8 Å². The number of benzene rings is 1. The molecule has 0 spiro atoms. The van der Waals surface area contributed by atoms with Crippen LogP contribution in [0.5, 0.6) is 5.75 Å². The van der Waals surface area contributed by atoms with E-state index in [9.17, 15) is 48.0 Å². The zero-order valence-corrected chi connectivity index (χ0v) is 24.4. The molecule has 1 aromatic carbocycles. The standard InChI is InChI=1S/C25H28F3N3O7.2C2H6/c1-2-12(7-24(26,27)28)31-8-10-5-14(29)13-4-9-3-11-6-15(32)18(23(30)37)22(36)25(11,38)21(35)16(9)20(34)17(13)19(10)33;2*1-2/h5,9,11-12,31,33-34,36,38H,2-4,6-8,29H2,1H3,(H2,30,37);2*1-2H3/t9?,11-,12?,25-;;/m0../s1. The lowest BCUT2D eigenvalue weighted by Crippen LogP contribution is -2.58. The highest BCUT2D eigenvalue weighted by Gasteiger charge is 2.60. The molecule has 3 aliphatic rings. The minimum absolute atomic E-state index is 0.0349. The molecule has 0 saturated heterocycles. The number of alkyl halides is 3. The first kappa shape index (κ1) is 34.6. The summed E-state index contributed by atoms with van der Waals surface area (Å²) in [6.07, 6.45) is -5.79. The van der Waals surface area contributed by atoms with Gasteiger partial charge in [-0.1, -0.05) is 34.6 Å². The van der Waals surface area contributed by atoms with Gasteiger partial charge in [-0.05, 0) is 36.8 Å². The van der Waals surface area contributed by atoms with Gasteiger partial charge in [-0.2, -0.15) is 13.2 Å². The molecular weight excluding hydrogens is 559 g/mol. The van der Waals surface area contributed by atoms with Crippen LogP contribution >= 0.6 is 0 Å². The summed E-state index contributed by atoms with van der Waals surface area (Å²) >= 11 is 0. The van der Waals surface area contributed by atoms with Crippen LogP contribution in [0.15, 0.2) is 23.0 Å². The number of hydrogen-bond donors (Lipinski definition) is 7. The lowest BCUT2D eigenvalue weighted by Gasteiger charge is -2.46. The number of halogens is 3. The number of aliphatic hydroxyl groups is 3. The Morgan fingerprint density at radius 3 is 2.26 bits per heavy atom. The van der Waals surface area contributed by atoms with E-state index in [1.165, 1.54) is 6.07 Å². The second kappa shape index (κ2) is 13.2. The van der Waals surface area contributed by atoms with Gasteiger partial charge in [0.15, 0.2) is 11.4 Å². The number of phenols is 1. The molecule has 0 aliphatic heterocycles. The number of carbonyl (C=O) groups is 3. The monoisotopic (exact) mass is 599 g/mol. The molecule has 0 radical (unpaired) electrons. The Labute approximate surface area is 242 Å². The van der Waals surface area contributed by atoms with Crippen molar-refractivity contribution in [2.24, 2.45) is 17.6 Å². The fourth-order valence-electron chi connectivity index (χ4n) is 5.81. The van der Waals surface area contributed by atoms with E-state index in [0.717, 1.165) is 0 Å². The maximum absolute atomic E-state index is 13.5. The maximum Gasteiger partial charge on any atom is 0.390 e. The van der Waals surface area contributed by atoms with Gasteiger partial charge in [0.2, 0.25) is 5.78 Å². The SMILES string of the molecule is CC.CC.CCC(CC(F)(F)F)NCc1cc(N)c2c(c1O)C(O)=C1C(=O)[C@]3(O)C(O)=C(C(N)=O)C(=O)C[C@@H]3CC1C2. The molecule has 234 valence electrons. The average Bonchev–Trinajstić information content (AvgIpc) is 2.92. The fourth-order valence-corrected chi connectivity index (χ4v) is 5.81. The first-order valence-corrected chi connectivity index (χ1v) is 14.0. The number of ketones is 2. The number of aliphatic hydroxyl groups excluding tert-OH is 2. The number of hydrogen-bond acceptors (Lipinski definition) is 9. The van der Waals surface area contributed by atoms with Crippen molar-refractivity contribution in [1.29, 1.82) is 0 Å². The van der Waals surface area contributed by atoms with Crippen LogP contribution in [0.3, 0.4) is 0 Å². The van der Waals surface area contributed by atoms with Gasteiger partial charge in [-0.25, -0.2) is 0 Å². The van der Waals surface area contributed by atoms with Gasteiger partial charge >= 0.3 is 6.18 Å². The molecule has 2 unspecified atom stereocenters. The summed E-state index contributed by atoms with van der Waals surface area (Å²) in [6.45, 7) is 9.34. The van der Waals surface area contributed by atoms with Crippen molar-refractivity contribution in [1.82, 2.24) is 5.32 Å². The molecule has 42 heavy (non-hydrogen) atoms. The van der Waals surface area contributed by atoms with E-state index in [2.05, 4.69) is 5.32 Å². The van der Waals surface area contributed by atoms with Crippen molar-refractivity contribution in [2.45, 2.75) is 91.1 Å². The molecule has 0 heterocycles. The number of amides is 1. The highest BCUT2D eigenvalue weighted by Crippen LogP contribution is 2.53. The lowest BCUT2D eigenvalue weighted by atomic mass is 9.59. The molecule has 4 atom stereocenters. The van der Waals surface area contributed by atoms with Crippen molar-refractivity contribution >= 4 is 28.9 Å². The molecule has 13 heteroatoms. The summed E-state index contributed by atoms with van der Waals surface area (Å²) in [6, 6.07) is 0.427. The van der Waals surface area contributed by atoms with Crippen LogP contribution in [0.1, 0.15) is 77.0 Å². The molecule has 0 bridgehead atoms. The van der Waals surface area contributed by atoms with E-state index in [1.54, 1.807) is 6.92 Å². The minimum Gasteiger partial charge on any atom is -0.508 e. The number of Topliss-reactive ketones (excluding diaryl/α,β-unsaturated/α-hetero) is 2. The highest BCUT2D eigenvalue weighted by atomic mass is 19.4.